The van der Waals surface area contributed by atoms with E-state index in [4.69, 9.17) is 14.6 Å². The number of benzene rings is 2. The van der Waals surface area contributed by atoms with Crippen LogP contribution in [0.2, 0.25) is 0 Å². The summed E-state index contributed by atoms with van der Waals surface area (Å²) in [6.45, 7) is 4.65. The molecule has 1 amide bonds. The number of carboxylic acid groups (broad SMARTS) is 1. The molecule has 0 spiro atoms. The summed E-state index contributed by atoms with van der Waals surface area (Å²) >= 11 is 0. The number of halogens is 3. The van der Waals surface area contributed by atoms with Crippen molar-refractivity contribution in [1.82, 2.24) is 5.32 Å². The number of carboxylic acids is 1. The first-order valence-electron chi connectivity index (χ1n) is 11.3. The molecule has 0 saturated carbocycles. The summed E-state index contributed by atoms with van der Waals surface area (Å²) in [5.74, 6) is -2.28. The van der Waals surface area contributed by atoms with E-state index < -0.39 is 65.5 Å². The fraction of sp³-hybridized carbons (Fsp3) is 0.440. The summed E-state index contributed by atoms with van der Waals surface area (Å²) in [6.07, 6.45) is -13.3. The van der Waals surface area contributed by atoms with Crippen LogP contribution in [-0.4, -0.2) is 69.6 Å². The number of carbonyl (C=O) groups excluding carboxylic acids is 1. The van der Waals surface area contributed by atoms with Gasteiger partial charge >= 0.3 is 12.1 Å². The Morgan fingerprint density at radius 2 is 1.54 bits per heavy atom. The Balaban J connectivity index is 1.86. The Morgan fingerprint density at radius 1 is 0.946 bits per heavy atom. The summed E-state index contributed by atoms with van der Waals surface area (Å²) in [5.41, 5.74) is -1.56. The van der Waals surface area contributed by atoms with Gasteiger partial charge in [0.05, 0.1) is 11.1 Å². The molecule has 1 aliphatic rings. The fourth-order valence-corrected chi connectivity index (χ4v) is 3.61. The van der Waals surface area contributed by atoms with E-state index in [1.54, 1.807) is 20.8 Å². The van der Waals surface area contributed by atoms with E-state index in [0.717, 1.165) is 12.1 Å². The molecule has 2 aromatic rings. The minimum absolute atomic E-state index is 0.0304. The van der Waals surface area contributed by atoms with Crippen LogP contribution in [-0.2, 0) is 15.7 Å². The molecule has 9 nitrogen and oxygen atoms in total. The number of ether oxygens (including phenoxy) is 2. The number of aromatic carboxylic acids is 1. The molecule has 0 aliphatic carbocycles. The third-order valence-electron chi connectivity index (χ3n) is 5.81. The summed E-state index contributed by atoms with van der Waals surface area (Å²) in [7, 11) is 0. The molecular formula is C25H28F3NO8. The minimum Gasteiger partial charge on any atom is -0.478 e. The third-order valence-corrected chi connectivity index (χ3v) is 5.81. The molecule has 1 saturated heterocycles. The smallest absolute Gasteiger partial charge is 0.419 e. The van der Waals surface area contributed by atoms with Crippen LogP contribution in [0.3, 0.4) is 0 Å². The Bertz CT molecular complexity index is 1130. The van der Waals surface area contributed by atoms with Crippen LogP contribution in [0.25, 0.3) is 11.1 Å². The van der Waals surface area contributed by atoms with Gasteiger partial charge in [-0.2, -0.15) is 13.2 Å². The third kappa shape index (κ3) is 6.58. The van der Waals surface area contributed by atoms with Crippen molar-refractivity contribution in [2.24, 2.45) is 5.41 Å². The summed E-state index contributed by atoms with van der Waals surface area (Å²) in [5, 5.41) is 42.3. The summed E-state index contributed by atoms with van der Waals surface area (Å²) in [6, 6.07) is 8.35. The number of aliphatic hydroxyl groups excluding tert-OH is 3. The monoisotopic (exact) mass is 527 g/mol. The van der Waals surface area contributed by atoms with Gasteiger partial charge in [-0.05, 0) is 35.4 Å². The molecule has 1 heterocycles. The lowest BCUT2D eigenvalue weighted by Crippen LogP contribution is -2.61. The second kappa shape index (κ2) is 10.7. The van der Waals surface area contributed by atoms with Crippen molar-refractivity contribution >= 4 is 11.9 Å². The average molecular weight is 527 g/mol. The van der Waals surface area contributed by atoms with Gasteiger partial charge in [-0.3, -0.25) is 4.79 Å². The van der Waals surface area contributed by atoms with Gasteiger partial charge in [0, 0.05) is 12.0 Å². The molecule has 5 N–H and O–H groups in total. The zero-order valence-electron chi connectivity index (χ0n) is 20.2. The predicted octanol–water partition coefficient (Wildman–Crippen LogP) is 2.42. The first-order chi connectivity index (χ1) is 17.1. The maximum absolute atomic E-state index is 13.9. The highest BCUT2D eigenvalue weighted by Crippen LogP contribution is 2.40. The quantitative estimate of drug-likeness (QED) is 0.385. The van der Waals surface area contributed by atoms with Gasteiger partial charge in [0.15, 0.2) is 0 Å². The van der Waals surface area contributed by atoms with Gasteiger partial charge in [0.1, 0.15) is 30.2 Å². The molecule has 1 fully saturated rings. The van der Waals surface area contributed by atoms with Crippen molar-refractivity contribution in [3.8, 4) is 16.9 Å². The van der Waals surface area contributed by atoms with Gasteiger partial charge in [0.25, 0.3) is 0 Å². The molecule has 2 unspecified atom stereocenters. The maximum Gasteiger partial charge on any atom is 0.419 e. The van der Waals surface area contributed by atoms with Crippen LogP contribution in [0.4, 0.5) is 13.2 Å². The molecular weight excluding hydrogens is 499 g/mol. The van der Waals surface area contributed by atoms with E-state index in [1.807, 2.05) is 0 Å². The Morgan fingerprint density at radius 3 is 2.08 bits per heavy atom. The van der Waals surface area contributed by atoms with Gasteiger partial charge in [-0.1, -0.05) is 39.0 Å². The Labute approximate surface area is 210 Å². The van der Waals surface area contributed by atoms with E-state index in [0.29, 0.717) is 5.56 Å². The molecule has 2 aromatic carbocycles. The van der Waals surface area contributed by atoms with Crippen molar-refractivity contribution in [3.63, 3.8) is 0 Å². The minimum atomic E-state index is -4.88. The number of hydrogen-bond donors (Lipinski definition) is 5. The molecule has 0 bridgehead atoms. The van der Waals surface area contributed by atoms with Gasteiger partial charge in [0.2, 0.25) is 12.2 Å². The number of hydrogen-bond acceptors (Lipinski definition) is 7. The molecule has 5 atom stereocenters. The van der Waals surface area contributed by atoms with Gasteiger partial charge in [-0.15, -0.1) is 0 Å². The average Bonchev–Trinajstić information content (AvgIpc) is 2.82. The van der Waals surface area contributed by atoms with Crippen LogP contribution >= 0.6 is 0 Å². The van der Waals surface area contributed by atoms with E-state index in [2.05, 4.69) is 5.32 Å². The maximum atomic E-state index is 13.9. The van der Waals surface area contributed by atoms with Crippen molar-refractivity contribution in [2.45, 2.75) is 57.7 Å². The van der Waals surface area contributed by atoms with Crippen molar-refractivity contribution in [2.75, 3.05) is 6.54 Å². The van der Waals surface area contributed by atoms with Gasteiger partial charge < -0.3 is 35.2 Å². The number of rotatable bonds is 6. The predicted molar refractivity (Wildman–Crippen MR) is 124 cm³/mol. The van der Waals surface area contributed by atoms with E-state index in [1.165, 1.54) is 30.3 Å². The molecule has 12 heteroatoms. The zero-order valence-corrected chi connectivity index (χ0v) is 20.2. The zero-order chi connectivity index (χ0) is 27.7. The van der Waals surface area contributed by atoms with Crippen molar-refractivity contribution in [1.29, 1.82) is 0 Å². The number of nitrogens with one attached hydrogen (secondary N) is 1. The number of aliphatic hydroxyl groups is 3. The van der Waals surface area contributed by atoms with Gasteiger partial charge in [-0.25, -0.2) is 4.79 Å². The normalized spacial score (nSPS) is 24.4. The lowest BCUT2D eigenvalue weighted by Gasteiger charge is -2.40. The Kier molecular flexibility index (Phi) is 8.18. The lowest BCUT2D eigenvalue weighted by atomic mass is 9.94. The van der Waals surface area contributed by atoms with E-state index in [9.17, 15) is 38.1 Å². The van der Waals surface area contributed by atoms with Crippen LogP contribution in [0, 0.1) is 5.41 Å². The summed E-state index contributed by atoms with van der Waals surface area (Å²) < 4.78 is 52.5. The van der Waals surface area contributed by atoms with Crippen molar-refractivity contribution < 1.29 is 52.7 Å². The largest absolute Gasteiger partial charge is 0.478 e. The van der Waals surface area contributed by atoms with Crippen LogP contribution in [0.1, 0.15) is 36.7 Å². The second-order valence-corrected chi connectivity index (χ2v) is 9.68. The number of carbonyl (C=O) groups is 2. The summed E-state index contributed by atoms with van der Waals surface area (Å²) in [4.78, 5) is 23.2. The molecule has 1 aliphatic heterocycles. The van der Waals surface area contributed by atoms with E-state index in [-0.39, 0.29) is 17.7 Å². The SMILES string of the molecule is CC(C)(C)C(=O)NCC1O[C@H](Oc2ccc(-c3ccc(C(=O)O)cc3)cc2C(F)(F)F)C(O)[C@@H](O)[C@@H]1O. The second-order valence-electron chi connectivity index (χ2n) is 9.68. The first kappa shape index (κ1) is 28.4. The van der Waals surface area contributed by atoms with E-state index >= 15 is 0 Å². The van der Waals surface area contributed by atoms with Crippen LogP contribution in [0.15, 0.2) is 42.5 Å². The highest BCUT2D eigenvalue weighted by molar-refractivity contribution is 5.88. The molecule has 3 rings (SSSR count). The molecule has 0 aromatic heterocycles. The molecule has 0 radical (unpaired) electrons. The van der Waals surface area contributed by atoms with Crippen molar-refractivity contribution in [3.05, 3.63) is 53.6 Å². The standard InChI is InChI=1S/C25H28F3NO8/c1-24(2,3)23(35)29-11-17-18(30)19(31)20(32)22(37-17)36-16-9-8-14(10-15(16)25(26,27)28)12-4-6-13(7-5-12)21(33)34/h4-10,17-20,22,30-32H,11H2,1-3H3,(H,29,35)(H,33,34)/t17?,18-,19+,20?,22+/m1/s1. The molecule has 202 valence electrons. The topological polar surface area (TPSA) is 146 Å². The highest BCUT2D eigenvalue weighted by Gasteiger charge is 2.46. The number of alkyl halides is 3. The molecule has 37 heavy (non-hydrogen) atoms. The Hall–Kier alpha value is -3.19. The first-order valence-corrected chi connectivity index (χ1v) is 11.3. The fourth-order valence-electron chi connectivity index (χ4n) is 3.61. The lowest BCUT2D eigenvalue weighted by molar-refractivity contribution is -0.271. The van der Waals surface area contributed by atoms with Crippen LogP contribution < -0.4 is 10.1 Å². The highest BCUT2D eigenvalue weighted by atomic mass is 19.4. The van der Waals surface area contributed by atoms with Crippen LogP contribution in [0.5, 0.6) is 5.75 Å². The number of amides is 1.